The molecule has 3 nitrogen and oxygen atoms in total. The number of halogens is 5. The van der Waals surface area contributed by atoms with Gasteiger partial charge in [0.2, 0.25) is 0 Å². The molecule has 20 heavy (non-hydrogen) atoms. The van der Waals surface area contributed by atoms with E-state index in [1.165, 1.54) is 20.2 Å². The highest BCUT2D eigenvalue weighted by molar-refractivity contribution is 8.00. The van der Waals surface area contributed by atoms with E-state index in [1.807, 2.05) is 0 Å². The predicted octanol–water partition coefficient (Wildman–Crippen LogP) is 3.22. The maximum absolute atomic E-state index is 12.9. The Balaban J connectivity index is 3.12. The molecular formula is C11H11F5N2OS. The van der Waals surface area contributed by atoms with E-state index in [0.29, 0.717) is 0 Å². The van der Waals surface area contributed by atoms with Crippen LogP contribution in [-0.4, -0.2) is 36.3 Å². The average molecular weight is 314 g/mol. The Morgan fingerprint density at radius 3 is 2.15 bits per heavy atom. The Morgan fingerprint density at radius 1 is 1.15 bits per heavy atom. The second kappa shape index (κ2) is 5.47. The Morgan fingerprint density at radius 2 is 1.70 bits per heavy atom. The van der Waals surface area contributed by atoms with Gasteiger partial charge in [-0.05, 0) is 30.0 Å². The Bertz CT molecular complexity index is 516. The van der Waals surface area contributed by atoms with Crippen LogP contribution in [0, 0.1) is 0 Å². The van der Waals surface area contributed by atoms with E-state index in [1.54, 1.807) is 0 Å². The number of carbonyl (C=O) groups is 1. The molecule has 1 amide bonds. The van der Waals surface area contributed by atoms with E-state index < -0.39 is 34.0 Å². The van der Waals surface area contributed by atoms with E-state index in [9.17, 15) is 26.7 Å². The number of nitrogen functional groups attached to an aromatic ring is 1. The molecule has 1 aromatic rings. The molecule has 9 heteroatoms. The Labute approximate surface area is 115 Å². The molecule has 0 heterocycles. The molecule has 0 unspecified atom stereocenters. The zero-order valence-electron chi connectivity index (χ0n) is 10.5. The smallest absolute Gasteiger partial charge is 0.399 e. The summed E-state index contributed by atoms with van der Waals surface area (Å²) >= 11 is -0.699. The minimum Gasteiger partial charge on any atom is -0.399 e. The minimum atomic E-state index is -5.69. The molecular weight excluding hydrogens is 303 g/mol. The summed E-state index contributed by atoms with van der Waals surface area (Å²) in [4.78, 5) is 12.4. The molecule has 0 bridgehead atoms. The number of rotatable bonds is 3. The van der Waals surface area contributed by atoms with Gasteiger partial charge in [-0.2, -0.15) is 22.0 Å². The molecule has 112 valence electrons. The molecule has 0 saturated heterocycles. The molecule has 0 aromatic heterocycles. The van der Waals surface area contributed by atoms with Crippen LogP contribution in [0.25, 0.3) is 0 Å². The molecule has 0 spiro atoms. The van der Waals surface area contributed by atoms with Gasteiger partial charge >= 0.3 is 11.4 Å². The van der Waals surface area contributed by atoms with Gasteiger partial charge in [-0.3, -0.25) is 4.79 Å². The maximum Gasteiger partial charge on any atom is 0.464 e. The molecule has 2 N–H and O–H groups in total. The SMILES string of the molecule is CN(C)C(=O)c1cc(N)cc(SC(F)(F)C(F)(F)F)c1. The van der Waals surface area contributed by atoms with E-state index >= 15 is 0 Å². The van der Waals surface area contributed by atoms with Crippen LogP contribution in [0.1, 0.15) is 10.4 Å². The third kappa shape index (κ3) is 3.75. The summed E-state index contributed by atoms with van der Waals surface area (Å²) in [6.45, 7) is 0. The van der Waals surface area contributed by atoms with Crippen molar-refractivity contribution in [3.05, 3.63) is 23.8 Å². The highest BCUT2D eigenvalue weighted by Gasteiger charge is 2.58. The van der Waals surface area contributed by atoms with Crippen LogP contribution in [0.15, 0.2) is 23.1 Å². The average Bonchev–Trinajstić information content (AvgIpc) is 2.24. The second-order valence-electron chi connectivity index (χ2n) is 4.11. The molecule has 0 fully saturated rings. The minimum absolute atomic E-state index is 0.0597. The number of amides is 1. The lowest BCUT2D eigenvalue weighted by atomic mass is 10.2. The van der Waals surface area contributed by atoms with Crippen molar-refractivity contribution in [2.24, 2.45) is 0 Å². The molecule has 0 saturated carbocycles. The van der Waals surface area contributed by atoms with Crippen molar-refractivity contribution in [2.45, 2.75) is 16.3 Å². The topological polar surface area (TPSA) is 46.3 Å². The van der Waals surface area contributed by atoms with Crippen molar-refractivity contribution in [2.75, 3.05) is 19.8 Å². The van der Waals surface area contributed by atoms with Gasteiger partial charge in [0, 0.05) is 30.2 Å². The van der Waals surface area contributed by atoms with Gasteiger partial charge in [-0.15, -0.1) is 0 Å². The fourth-order valence-electron chi connectivity index (χ4n) is 1.27. The summed E-state index contributed by atoms with van der Waals surface area (Å²) in [5.41, 5.74) is 5.28. The number of hydrogen-bond acceptors (Lipinski definition) is 3. The first-order valence-corrected chi connectivity index (χ1v) is 6.01. The van der Waals surface area contributed by atoms with Crippen molar-refractivity contribution in [3.63, 3.8) is 0 Å². The lowest BCUT2D eigenvalue weighted by Crippen LogP contribution is -2.32. The van der Waals surface area contributed by atoms with E-state index in [2.05, 4.69) is 0 Å². The van der Waals surface area contributed by atoms with E-state index in [0.717, 1.165) is 17.0 Å². The predicted molar refractivity (Wildman–Crippen MR) is 65.7 cm³/mol. The lowest BCUT2D eigenvalue weighted by Gasteiger charge is -2.19. The summed E-state index contributed by atoms with van der Waals surface area (Å²) in [7, 11) is 2.84. The number of nitrogens with zero attached hydrogens (tertiary/aromatic N) is 1. The molecule has 1 aromatic carbocycles. The fraction of sp³-hybridized carbons (Fsp3) is 0.364. The van der Waals surface area contributed by atoms with Gasteiger partial charge in [-0.1, -0.05) is 0 Å². The second-order valence-corrected chi connectivity index (χ2v) is 5.30. The first kappa shape index (κ1) is 16.5. The number of alkyl halides is 5. The summed E-state index contributed by atoms with van der Waals surface area (Å²) < 4.78 is 62.3. The molecule has 0 radical (unpaired) electrons. The van der Waals surface area contributed by atoms with E-state index in [-0.39, 0.29) is 11.3 Å². The highest BCUT2D eigenvalue weighted by Crippen LogP contribution is 2.47. The van der Waals surface area contributed by atoms with Gasteiger partial charge in [0.15, 0.2) is 0 Å². The number of hydrogen-bond donors (Lipinski definition) is 1. The summed E-state index contributed by atoms with van der Waals surface area (Å²) in [5, 5.41) is -4.96. The molecule has 0 aliphatic heterocycles. The number of carbonyl (C=O) groups excluding carboxylic acids is 1. The first-order valence-electron chi connectivity index (χ1n) is 5.20. The van der Waals surface area contributed by atoms with Crippen molar-refractivity contribution in [1.82, 2.24) is 4.90 Å². The van der Waals surface area contributed by atoms with Gasteiger partial charge in [0.05, 0.1) is 0 Å². The largest absolute Gasteiger partial charge is 0.464 e. The van der Waals surface area contributed by atoms with Crippen molar-refractivity contribution >= 4 is 23.4 Å². The van der Waals surface area contributed by atoms with Gasteiger partial charge in [0.25, 0.3) is 5.91 Å². The number of benzene rings is 1. The monoisotopic (exact) mass is 314 g/mol. The van der Waals surface area contributed by atoms with Crippen molar-refractivity contribution in [3.8, 4) is 0 Å². The summed E-state index contributed by atoms with van der Waals surface area (Å²) in [6.07, 6.45) is -5.69. The fourth-order valence-corrected chi connectivity index (χ4v) is 2.06. The maximum atomic E-state index is 12.9. The van der Waals surface area contributed by atoms with Crippen LogP contribution in [0.2, 0.25) is 0 Å². The van der Waals surface area contributed by atoms with Crippen molar-refractivity contribution in [1.29, 1.82) is 0 Å². The molecule has 1 rings (SSSR count). The number of thioether (sulfide) groups is 1. The van der Waals surface area contributed by atoms with Gasteiger partial charge < -0.3 is 10.6 Å². The zero-order valence-corrected chi connectivity index (χ0v) is 11.3. The summed E-state index contributed by atoms with van der Waals surface area (Å²) in [6, 6.07) is 3.11. The quantitative estimate of drug-likeness (QED) is 0.529. The van der Waals surface area contributed by atoms with E-state index in [4.69, 9.17) is 5.73 Å². The molecule has 0 atom stereocenters. The van der Waals surface area contributed by atoms with Crippen LogP contribution < -0.4 is 5.73 Å². The van der Waals surface area contributed by atoms with Gasteiger partial charge in [0.1, 0.15) is 0 Å². The van der Waals surface area contributed by atoms with Crippen LogP contribution in [0.3, 0.4) is 0 Å². The third-order valence-corrected chi connectivity index (χ3v) is 3.12. The number of nitrogens with two attached hydrogens (primary N) is 1. The van der Waals surface area contributed by atoms with Crippen LogP contribution in [-0.2, 0) is 0 Å². The Hall–Kier alpha value is -1.51. The normalized spacial score (nSPS) is 12.3. The van der Waals surface area contributed by atoms with Crippen LogP contribution >= 0.6 is 11.8 Å². The lowest BCUT2D eigenvalue weighted by molar-refractivity contribution is -0.237. The summed E-state index contributed by atoms with van der Waals surface area (Å²) in [5.74, 6) is -0.547. The molecule has 0 aliphatic rings. The third-order valence-electron chi connectivity index (χ3n) is 2.16. The van der Waals surface area contributed by atoms with Gasteiger partial charge in [-0.25, -0.2) is 0 Å². The zero-order chi connectivity index (χ0) is 15.7. The van der Waals surface area contributed by atoms with Crippen LogP contribution in [0.5, 0.6) is 0 Å². The number of anilines is 1. The highest BCUT2D eigenvalue weighted by atomic mass is 32.2. The van der Waals surface area contributed by atoms with Crippen LogP contribution in [0.4, 0.5) is 27.6 Å². The first-order chi connectivity index (χ1) is 8.94. The molecule has 0 aliphatic carbocycles. The standard InChI is InChI=1S/C11H11F5N2OS/c1-18(2)9(19)6-3-7(17)5-8(4-6)20-11(15,16)10(12,13)14/h3-5H,17H2,1-2H3. The van der Waals surface area contributed by atoms with Crippen molar-refractivity contribution < 1.29 is 26.7 Å². The Kier molecular flexibility index (Phi) is 4.52.